The van der Waals surface area contributed by atoms with Crippen LogP contribution in [-0.2, 0) is 23.2 Å². The molecule has 4 rings (SSSR count). The van der Waals surface area contributed by atoms with Crippen LogP contribution in [-0.4, -0.2) is 61.7 Å². The molecule has 6 nitrogen and oxygen atoms in total. The third-order valence-electron chi connectivity index (χ3n) is 5.15. The minimum atomic E-state index is -3.33. The molecule has 136 valence electrons. The third kappa shape index (κ3) is 3.69. The second kappa shape index (κ2) is 7.15. The van der Waals surface area contributed by atoms with Crippen molar-refractivity contribution in [3.05, 3.63) is 23.7 Å². The van der Waals surface area contributed by atoms with E-state index < -0.39 is 10.2 Å². The fourth-order valence-electron chi connectivity index (χ4n) is 3.84. The first-order chi connectivity index (χ1) is 11.4. The van der Waals surface area contributed by atoms with Crippen LogP contribution >= 0.6 is 0 Å². The van der Waals surface area contributed by atoms with Gasteiger partial charge in [-0.25, -0.2) is 0 Å². The van der Waals surface area contributed by atoms with Gasteiger partial charge in [0.15, 0.2) is 0 Å². The van der Waals surface area contributed by atoms with Gasteiger partial charge in [0.1, 0.15) is 11.5 Å². The minimum absolute atomic E-state index is 0.276. The maximum absolute atomic E-state index is 12.5. The van der Waals surface area contributed by atoms with Crippen molar-refractivity contribution in [1.82, 2.24) is 13.5 Å². The summed E-state index contributed by atoms with van der Waals surface area (Å²) in [4.78, 5) is 2.41. The number of hydrogen-bond acceptors (Lipinski definition) is 4. The Bertz CT molecular complexity index is 656. The smallest absolute Gasteiger partial charge is 0.281 e. The molecule has 2 bridgehead atoms. The van der Waals surface area contributed by atoms with E-state index in [1.165, 1.54) is 4.31 Å². The summed E-state index contributed by atoms with van der Waals surface area (Å²) in [7, 11) is -0.114. The molecular weight excluding hydrogens is 326 g/mol. The topological polar surface area (TPSA) is 57.0 Å². The fraction of sp³-hybridized carbons (Fsp3) is 0.765. The molecule has 0 aromatic carbocycles. The van der Waals surface area contributed by atoms with Crippen LogP contribution in [0.3, 0.4) is 0 Å². The SMILES string of the molecule is CCCc1ccc(CN2CC3CCC2CN(S(=O)(=O)N(C)C)C3)o1. The standard InChI is InChI=1S/C17H29N3O3S/c1-4-5-16-8-9-17(23-16)13-19-10-14-6-7-15(19)12-20(11-14)24(21,22)18(2)3/h8-9,14-15H,4-7,10-13H2,1-3H3. The van der Waals surface area contributed by atoms with Gasteiger partial charge in [0.05, 0.1) is 6.54 Å². The van der Waals surface area contributed by atoms with E-state index in [2.05, 4.69) is 24.0 Å². The van der Waals surface area contributed by atoms with E-state index in [1.807, 2.05) is 0 Å². The molecule has 3 fully saturated rings. The van der Waals surface area contributed by atoms with Crippen molar-refractivity contribution in [1.29, 1.82) is 0 Å². The summed E-state index contributed by atoms with van der Waals surface area (Å²) in [5.41, 5.74) is 0. The highest BCUT2D eigenvalue weighted by Gasteiger charge is 2.39. The molecular formula is C17H29N3O3S. The average Bonchev–Trinajstić information content (AvgIpc) is 2.77. The summed E-state index contributed by atoms with van der Waals surface area (Å²) in [6, 6.07) is 4.41. The van der Waals surface area contributed by atoms with Crippen molar-refractivity contribution in [2.24, 2.45) is 5.92 Å². The van der Waals surface area contributed by atoms with E-state index in [4.69, 9.17) is 4.42 Å². The summed E-state index contributed by atoms with van der Waals surface area (Å²) in [6.45, 7) is 5.09. The molecule has 2 atom stereocenters. The van der Waals surface area contributed by atoms with E-state index in [-0.39, 0.29) is 6.04 Å². The van der Waals surface area contributed by atoms with E-state index in [9.17, 15) is 8.42 Å². The lowest BCUT2D eigenvalue weighted by molar-refractivity contribution is 0.116. The number of nitrogens with zero attached hydrogens (tertiary/aromatic N) is 3. The maximum Gasteiger partial charge on any atom is 0.281 e. The first-order valence-corrected chi connectivity index (χ1v) is 10.3. The molecule has 1 aromatic rings. The number of aryl methyl sites for hydroxylation is 1. The average molecular weight is 356 g/mol. The summed E-state index contributed by atoms with van der Waals surface area (Å²) in [5, 5.41) is 0. The quantitative estimate of drug-likeness (QED) is 0.782. The Kier molecular flexibility index (Phi) is 5.34. The molecule has 0 saturated carbocycles. The Morgan fingerprint density at radius 3 is 2.62 bits per heavy atom. The third-order valence-corrected chi connectivity index (χ3v) is 7.03. The molecule has 3 aliphatic rings. The molecule has 0 spiro atoms. The fourth-order valence-corrected chi connectivity index (χ4v) is 5.06. The predicted octanol–water partition coefficient (Wildman–Crippen LogP) is 1.93. The maximum atomic E-state index is 12.5. The minimum Gasteiger partial charge on any atom is -0.465 e. The molecule has 0 radical (unpaired) electrons. The van der Waals surface area contributed by atoms with Crippen LogP contribution in [0.4, 0.5) is 0 Å². The Morgan fingerprint density at radius 1 is 1.17 bits per heavy atom. The highest BCUT2D eigenvalue weighted by molar-refractivity contribution is 7.86. The van der Waals surface area contributed by atoms with Gasteiger partial charge in [0.2, 0.25) is 0 Å². The van der Waals surface area contributed by atoms with Crippen molar-refractivity contribution in [3.8, 4) is 0 Å². The van der Waals surface area contributed by atoms with Gasteiger partial charge in [-0.1, -0.05) is 6.92 Å². The van der Waals surface area contributed by atoms with E-state index in [1.54, 1.807) is 18.4 Å². The monoisotopic (exact) mass is 355 g/mol. The second-order valence-electron chi connectivity index (χ2n) is 7.25. The highest BCUT2D eigenvalue weighted by Crippen LogP contribution is 2.31. The Morgan fingerprint density at radius 2 is 1.92 bits per heavy atom. The number of furan rings is 1. The largest absolute Gasteiger partial charge is 0.465 e. The summed E-state index contributed by atoms with van der Waals surface area (Å²) < 4.78 is 33.9. The van der Waals surface area contributed by atoms with Crippen LogP contribution in [0.25, 0.3) is 0 Å². The zero-order valence-corrected chi connectivity index (χ0v) is 15.8. The van der Waals surface area contributed by atoms with Crippen LogP contribution in [0.2, 0.25) is 0 Å². The Labute approximate surface area is 145 Å². The zero-order valence-electron chi connectivity index (χ0n) is 14.9. The lowest BCUT2D eigenvalue weighted by Crippen LogP contribution is -2.45. The molecule has 2 unspecified atom stereocenters. The van der Waals surface area contributed by atoms with E-state index >= 15 is 0 Å². The molecule has 0 aliphatic carbocycles. The van der Waals surface area contributed by atoms with Crippen LogP contribution < -0.4 is 0 Å². The van der Waals surface area contributed by atoms with Crippen molar-refractivity contribution in [2.45, 2.75) is 45.2 Å². The van der Waals surface area contributed by atoms with Crippen LogP contribution in [0.15, 0.2) is 16.5 Å². The summed E-state index contributed by atoms with van der Waals surface area (Å²) in [5.74, 6) is 2.45. The van der Waals surface area contributed by atoms with Gasteiger partial charge in [0, 0.05) is 46.2 Å². The molecule has 3 saturated heterocycles. The molecule has 24 heavy (non-hydrogen) atoms. The van der Waals surface area contributed by atoms with Crippen LogP contribution in [0.5, 0.6) is 0 Å². The molecule has 4 heterocycles. The predicted molar refractivity (Wildman–Crippen MR) is 93.8 cm³/mol. The number of piperidine rings is 1. The van der Waals surface area contributed by atoms with Gasteiger partial charge in [0.25, 0.3) is 10.2 Å². The van der Waals surface area contributed by atoms with Gasteiger partial charge in [-0.2, -0.15) is 17.0 Å². The lowest BCUT2D eigenvalue weighted by Gasteiger charge is -2.35. The van der Waals surface area contributed by atoms with E-state index in [0.717, 1.165) is 50.3 Å². The molecule has 0 amide bonds. The summed E-state index contributed by atoms with van der Waals surface area (Å²) >= 11 is 0. The van der Waals surface area contributed by atoms with Crippen molar-refractivity contribution in [2.75, 3.05) is 33.7 Å². The van der Waals surface area contributed by atoms with Crippen LogP contribution in [0.1, 0.15) is 37.7 Å². The van der Waals surface area contributed by atoms with Crippen molar-refractivity contribution in [3.63, 3.8) is 0 Å². The first-order valence-electron chi connectivity index (χ1n) is 8.89. The molecule has 1 aromatic heterocycles. The van der Waals surface area contributed by atoms with Crippen molar-refractivity contribution < 1.29 is 12.8 Å². The van der Waals surface area contributed by atoms with Gasteiger partial charge in [-0.05, 0) is 37.3 Å². The van der Waals surface area contributed by atoms with Gasteiger partial charge >= 0.3 is 0 Å². The number of fused-ring (bicyclic) bond motifs is 4. The molecule has 7 heteroatoms. The Balaban J connectivity index is 1.71. The Hall–Kier alpha value is -0.890. The number of hydrogen-bond donors (Lipinski definition) is 0. The molecule has 0 N–H and O–H groups in total. The lowest BCUT2D eigenvalue weighted by atomic mass is 9.95. The zero-order chi connectivity index (χ0) is 17.3. The van der Waals surface area contributed by atoms with Gasteiger partial charge < -0.3 is 4.42 Å². The second-order valence-corrected chi connectivity index (χ2v) is 9.39. The van der Waals surface area contributed by atoms with Gasteiger partial charge in [-0.15, -0.1) is 0 Å². The number of rotatable bonds is 6. The van der Waals surface area contributed by atoms with E-state index in [0.29, 0.717) is 19.0 Å². The highest BCUT2D eigenvalue weighted by atomic mass is 32.2. The molecule has 3 aliphatic heterocycles. The normalized spacial score (nSPS) is 26.2. The first kappa shape index (κ1) is 17.9. The van der Waals surface area contributed by atoms with Crippen molar-refractivity contribution >= 4 is 10.2 Å². The van der Waals surface area contributed by atoms with Gasteiger partial charge in [-0.3, -0.25) is 4.90 Å². The van der Waals surface area contributed by atoms with Crippen LogP contribution in [0, 0.1) is 5.92 Å². The summed E-state index contributed by atoms with van der Waals surface area (Å²) in [6.07, 6.45) is 4.23.